The lowest BCUT2D eigenvalue weighted by molar-refractivity contribution is 0.0718. The van der Waals surface area contributed by atoms with Crippen LogP contribution in [0.1, 0.15) is 42.5 Å². The molecule has 0 aromatic carbocycles. The fourth-order valence-electron chi connectivity index (χ4n) is 3.27. The molecular weight excluding hydrogens is 352 g/mol. The van der Waals surface area contributed by atoms with E-state index in [-0.39, 0.29) is 22.8 Å². The van der Waals surface area contributed by atoms with E-state index in [2.05, 4.69) is 23.8 Å². The van der Waals surface area contributed by atoms with Gasteiger partial charge < -0.3 is 9.47 Å². The summed E-state index contributed by atoms with van der Waals surface area (Å²) in [5.74, 6) is -0.000126. The Hall–Kier alpha value is -3.02. The number of rotatable bonds is 6. The average Bonchev–Trinajstić information content (AvgIpc) is 2.67. The first-order valence-electron chi connectivity index (χ1n) is 9.60. The third kappa shape index (κ3) is 4.11. The molecular formula is C22H26N4O2. The molecule has 0 unspecified atom stereocenters. The highest BCUT2D eigenvalue weighted by molar-refractivity contribution is 5.96. The van der Waals surface area contributed by atoms with Crippen LogP contribution in [-0.4, -0.2) is 31.9 Å². The van der Waals surface area contributed by atoms with Gasteiger partial charge in [-0.3, -0.25) is 14.6 Å². The summed E-state index contributed by atoms with van der Waals surface area (Å²) in [6, 6.07) is 9.19. The van der Waals surface area contributed by atoms with Crippen LogP contribution < -0.4 is 5.43 Å². The Morgan fingerprint density at radius 2 is 2.00 bits per heavy atom. The third-order valence-corrected chi connectivity index (χ3v) is 4.58. The number of nitrogens with zero attached hydrogens (tertiary/aromatic N) is 4. The molecule has 0 atom stereocenters. The number of fused-ring (bicyclic) bond motifs is 1. The Balaban J connectivity index is 2.07. The van der Waals surface area contributed by atoms with Crippen molar-refractivity contribution in [3.63, 3.8) is 0 Å². The second kappa shape index (κ2) is 8.33. The van der Waals surface area contributed by atoms with Crippen LogP contribution >= 0.6 is 0 Å². The molecule has 3 heterocycles. The SMILES string of the molecule is CCn1cc(C(=O)N(Cc2ccccn2)CC(C)C)c(=O)c2ccc(C)nc21. The Morgan fingerprint density at radius 3 is 2.64 bits per heavy atom. The van der Waals surface area contributed by atoms with Crippen LogP contribution in [0, 0.1) is 12.8 Å². The molecule has 0 spiro atoms. The first-order chi connectivity index (χ1) is 13.4. The molecule has 0 aliphatic heterocycles. The molecule has 1 amide bonds. The maximum Gasteiger partial charge on any atom is 0.259 e. The molecule has 0 aliphatic rings. The van der Waals surface area contributed by atoms with Crippen molar-refractivity contribution in [3.05, 3.63) is 69.9 Å². The molecule has 0 saturated heterocycles. The summed E-state index contributed by atoms with van der Waals surface area (Å²) >= 11 is 0. The molecule has 0 N–H and O–H groups in total. The molecule has 0 bridgehead atoms. The number of aromatic nitrogens is 3. The van der Waals surface area contributed by atoms with Gasteiger partial charge in [0.25, 0.3) is 5.91 Å². The van der Waals surface area contributed by atoms with E-state index in [0.29, 0.717) is 30.7 Å². The molecule has 3 aromatic rings. The number of hydrogen-bond acceptors (Lipinski definition) is 4. The average molecular weight is 378 g/mol. The second-order valence-electron chi connectivity index (χ2n) is 7.38. The minimum absolute atomic E-state index is 0.177. The monoisotopic (exact) mass is 378 g/mol. The standard InChI is InChI=1S/C22H26N4O2/c1-5-25-14-19(20(27)18-10-9-16(4)24-21(18)25)22(28)26(12-15(2)3)13-17-8-6-7-11-23-17/h6-11,14-15H,5,12-13H2,1-4H3. The van der Waals surface area contributed by atoms with E-state index in [9.17, 15) is 9.59 Å². The lowest BCUT2D eigenvalue weighted by Crippen LogP contribution is -2.37. The predicted octanol–water partition coefficient (Wildman–Crippen LogP) is 3.42. The number of amides is 1. The van der Waals surface area contributed by atoms with Gasteiger partial charge in [-0.25, -0.2) is 4.98 Å². The largest absolute Gasteiger partial charge is 0.332 e. The van der Waals surface area contributed by atoms with Crippen LogP contribution in [-0.2, 0) is 13.1 Å². The highest BCUT2D eigenvalue weighted by atomic mass is 16.2. The summed E-state index contributed by atoms with van der Waals surface area (Å²) < 4.78 is 1.87. The highest BCUT2D eigenvalue weighted by Crippen LogP contribution is 2.14. The topological polar surface area (TPSA) is 68.1 Å². The summed E-state index contributed by atoms with van der Waals surface area (Å²) in [5, 5.41) is 0.473. The van der Waals surface area contributed by atoms with Crippen molar-refractivity contribution in [2.45, 2.75) is 40.8 Å². The van der Waals surface area contributed by atoms with E-state index in [4.69, 9.17) is 0 Å². The van der Waals surface area contributed by atoms with Gasteiger partial charge in [0.05, 0.1) is 17.6 Å². The highest BCUT2D eigenvalue weighted by Gasteiger charge is 2.23. The molecule has 0 aliphatic carbocycles. The zero-order chi connectivity index (χ0) is 20.3. The van der Waals surface area contributed by atoms with Crippen molar-refractivity contribution >= 4 is 16.9 Å². The Morgan fingerprint density at radius 1 is 1.21 bits per heavy atom. The van der Waals surface area contributed by atoms with Crippen LogP contribution in [0.4, 0.5) is 0 Å². The third-order valence-electron chi connectivity index (χ3n) is 4.58. The van der Waals surface area contributed by atoms with E-state index >= 15 is 0 Å². The summed E-state index contributed by atoms with van der Waals surface area (Å²) in [6.07, 6.45) is 3.35. The Labute approximate surface area is 164 Å². The summed E-state index contributed by atoms with van der Waals surface area (Å²) in [6.45, 7) is 9.51. The summed E-state index contributed by atoms with van der Waals surface area (Å²) in [7, 11) is 0. The number of carbonyl (C=O) groups excluding carboxylic acids is 1. The van der Waals surface area contributed by atoms with Gasteiger partial charge in [-0.05, 0) is 44.0 Å². The van der Waals surface area contributed by atoms with Crippen molar-refractivity contribution in [1.82, 2.24) is 19.4 Å². The minimum Gasteiger partial charge on any atom is -0.332 e. The Bertz CT molecular complexity index is 1040. The Kier molecular flexibility index (Phi) is 5.87. The van der Waals surface area contributed by atoms with Crippen LogP contribution in [0.25, 0.3) is 11.0 Å². The number of aryl methyl sites for hydroxylation is 2. The molecule has 0 fully saturated rings. The molecule has 146 valence electrons. The van der Waals surface area contributed by atoms with Crippen molar-refractivity contribution in [3.8, 4) is 0 Å². The maximum absolute atomic E-state index is 13.3. The maximum atomic E-state index is 13.3. The van der Waals surface area contributed by atoms with E-state index in [1.54, 1.807) is 29.4 Å². The molecule has 0 saturated carbocycles. The van der Waals surface area contributed by atoms with Gasteiger partial charge in [0, 0.05) is 31.2 Å². The van der Waals surface area contributed by atoms with Gasteiger partial charge in [0.15, 0.2) is 0 Å². The zero-order valence-electron chi connectivity index (χ0n) is 16.8. The van der Waals surface area contributed by atoms with Crippen molar-refractivity contribution in [2.75, 3.05) is 6.54 Å². The molecule has 0 radical (unpaired) electrons. The van der Waals surface area contributed by atoms with Crippen LogP contribution in [0.5, 0.6) is 0 Å². The fraction of sp³-hybridized carbons (Fsp3) is 0.364. The molecule has 6 heteroatoms. The first kappa shape index (κ1) is 19.7. The number of carbonyl (C=O) groups is 1. The molecule has 6 nitrogen and oxygen atoms in total. The number of hydrogen-bond donors (Lipinski definition) is 0. The van der Waals surface area contributed by atoms with Crippen LogP contribution in [0.2, 0.25) is 0 Å². The van der Waals surface area contributed by atoms with Crippen LogP contribution in [0.15, 0.2) is 47.5 Å². The van der Waals surface area contributed by atoms with E-state index in [1.807, 2.05) is 36.6 Å². The lowest BCUT2D eigenvalue weighted by Gasteiger charge is -2.24. The van der Waals surface area contributed by atoms with Crippen LogP contribution in [0.3, 0.4) is 0 Å². The first-order valence-corrected chi connectivity index (χ1v) is 9.60. The number of pyridine rings is 3. The zero-order valence-corrected chi connectivity index (χ0v) is 16.8. The smallest absolute Gasteiger partial charge is 0.259 e. The predicted molar refractivity (Wildman–Crippen MR) is 110 cm³/mol. The van der Waals surface area contributed by atoms with Crippen molar-refractivity contribution < 1.29 is 4.79 Å². The van der Waals surface area contributed by atoms with Gasteiger partial charge in [0.2, 0.25) is 5.43 Å². The van der Waals surface area contributed by atoms with Crippen molar-refractivity contribution in [1.29, 1.82) is 0 Å². The summed E-state index contributed by atoms with van der Waals surface area (Å²) in [5.41, 5.74) is 2.16. The van der Waals surface area contributed by atoms with E-state index in [0.717, 1.165) is 11.4 Å². The molecule has 3 rings (SSSR count). The lowest BCUT2D eigenvalue weighted by atomic mass is 10.1. The van der Waals surface area contributed by atoms with Gasteiger partial charge in [-0.2, -0.15) is 0 Å². The molecule has 28 heavy (non-hydrogen) atoms. The van der Waals surface area contributed by atoms with Gasteiger partial charge in [-0.1, -0.05) is 19.9 Å². The van der Waals surface area contributed by atoms with Crippen molar-refractivity contribution in [2.24, 2.45) is 5.92 Å². The van der Waals surface area contributed by atoms with E-state index < -0.39 is 0 Å². The van der Waals surface area contributed by atoms with E-state index in [1.165, 1.54) is 0 Å². The normalized spacial score (nSPS) is 11.2. The van der Waals surface area contributed by atoms with Gasteiger partial charge >= 0.3 is 0 Å². The second-order valence-corrected chi connectivity index (χ2v) is 7.38. The fourth-order valence-corrected chi connectivity index (χ4v) is 3.27. The minimum atomic E-state index is -0.271. The van der Waals surface area contributed by atoms with Gasteiger partial charge in [-0.15, -0.1) is 0 Å². The quantitative estimate of drug-likeness (QED) is 0.659. The summed E-state index contributed by atoms with van der Waals surface area (Å²) in [4.78, 5) is 37.0. The van der Waals surface area contributed by atoms with Gasteiger partial charge in [0.1, 0.15) is 11.2 Å². The molecule has 3 aromatic heterocycles.